The van der Waals surface area contributed by atoms with E-state index in [-0.39, 0.29) is 11.7 Å². The zero-order chi connectivity index (χ0) is 11.1. The Balaban J connectivity index is 1.94. The van der Waals surface area contributed by atoms with Crippen molar-refractivity contribution in [1.29, 1.82) is 0 Å². The van der Waals surface area contributed by atoms with Crippen LogP contribution < -0.4 is 5.32 Å². The van der Waals surface area contributed by atoms with E-state index in [1.54, 1.807) is 4.90 Å². The van der Waals surface area contributed by atoms with E-state index in [1.165, 1.54) is 0 Å². The van der Waals surface area contributed by atoms with Gasteiger partial charge in [0.2, 0.25) is 5.91 Å². The van der Waals surface area contributed by atoms with Crippen molar-refractivity contribution in [1.82, 2.24) is 10.2 Å². The number of likely N-dealkylation sites (tertiary alicyclic amines) is 1. The van der Waals surface area contributed by atoms with Crippen molar-refractivity contribution in [2.24, 2.45) is 11.8 Å². The maximum absolute atomic E-state index is 11.6. The van der Waals surface area contributed by atoms with Crippen molar-refractivity contribution in [3.8, 4) is 0 Å². The van der Waals surface area contributed by atoms with Gasteiger partial charge < -0.3 is 10.2 Å². The molecule has 1 N–H and O–H groups in total. The number of rotatable bonds is 2. The van der Waals surface area contributed by atoms with Crippen LogP contribution in [-0.2, 0) is 14.6 Å². The molecular formula is C9H16N2O3S. The van der Waals surface area contributed by atoms with Crippen LogP contribution in [0.2, 0.25) is 0 Å². The monoisotopic (exact) mass is 232 g/mol. The van der Waals surface area contributed by atoms with E-state index in [4.69, 9.17) is 0 Å². The van der Waals surface area contributed by atoms with Gasteiger partial charge in [-0.1, -0.05) is 0 Å². The maximum atomic E-state index is 11.6. The number of hydrogen-bond acceptors (Lipinski definition) is 4. The Morgan fingerprint density at radius 3 is 2.33 bits per heavy atom. The van der Waals surface area contributed by atoms with Crippen molar-refractivity contribution in [2.75, 3.05) is 38.2 Å². The minimum atomic E-state index is -3.19. The maximum Gasteiger partial charge on any atom is 0.237 e. The fourth-order valence-electron chi connectivity index (χ4n) is 2.37. The van der Waals surface area contributed by atoms with Gasteiger partial charge in [-0.25, -0.2) is 8.42 Å². The lowest BCUT2D eigenvalue weighted by Crippen LogP contribution is -2.35. The summed E-state index contributed by atoms with van der Waals surface area (Å²) in [5, 5.41) is 3.28. The first-order chi connectivity index (χ1) is 6.96. The molecule has 2 saturated heterocycles. The third-order valence-electron chi connectivity index (χ3n) is 3.13. The average molecular weight is 232 g/mol. The van der Waals surface area contributed by atoms with E-state index in [1.807, 2.05) is 0 Å². The standard InChI is InChI=1S/C9H16N2O3S/c1-15(13,14)6-9(12)11-4-7-2-10-3-8(7)5-11/h7-8,10H,2-6H2,1H3. The molecule has 0 radical (unpaired) electrons. The van der Waals surface area contributed by atoms with Gasteiger partial charge in [-0.05, 0) is 11.8 Å². The number of nitrogens with zero attached hydrogens (tertiary/aromatic N) is 1. The summed E-state index contributed by atoms with van der Waals surface area (Å²) in [6.45, 7) is 3.33. The fourth-order valence-corrected chi connectivity index (χ4v) is 3.01. The summed E-state index contributed by atoms with van der Waals surface area (Å²) in [5.74, 6) is 0.453. The summed E-state index contributed by atoms with van der Waals surface area (Å²) in [5.41, 5.74) is 0. The van der Waals surface area contributed by atoms with Crippen LogP contribution in [0.15, 0.2) is 0 Å². The molecule has 2 unspecified atom stereocenters. The minimum absolute atomic E-state index is 0.244. The second-order valence-corrected chi connectivity index (χ2v) is 6.69. The molecule has 0 aromatic rings. The zero-order valence-corrected chi connectivity index (χ0v) is 9.59. The summed E-state index contributed by atoms with van der Waals surface area (Å²) >= 11 is 0. The van der Waals surface area contributed by atoms with Gasteiger partial charge in [-0.3, -0.25) is 4.79 Å². The highest BCUT2D eigenvalue weighted by Gasteiger charge is 2.38. The second kappa shape index (κ2) is 3.75. The Morgan fingerprint density at radius 2 is 1.87 bits per heavy atom. The van der Waals surface area contributed by atoms with Gasteiger partial charge in [-0.2, -0.15) is 0 Å². The van der Waals surface area contributed by atoms with E-state index in [0.717, 1.165) is 19.3 Å². The molecule has 5 nitrogen and oxygen atoms in total. The minimum Gasteiger partial charge on any atom is -0.341 e. The van der Waals surface area contributed by atoms with Crippen LogP contribution in [0.25, 0.3) is 0 Å². The second-order valence-electron chi connectivity index (χ2n) is 4.55. The Bertz CT molecular complexity index is 354. The number of sulfone groups is 1. The average Bonchev–Trinajstić information content (AvgIpc) is 2.56. The molecule has 1 amide bonds. The van der Waals surface area contributed by atoms with Crippen molar-refractivity contribution in [2.45, 2.75) is 0 Å². The van der Waals surface area contributed by atoms with E-state index in [9.17, 15) is 13.2 Å². The van der Waals surface area contributed by atoms with Crippen LogP contribution in [0.4, 0.5) is 0 Å². The third kappa shape index (κ3) is 2.49. The lowest BCUT2D eigenvalue weighted by Gasteiger charge is -2.16. The van der Waals surface area contributed by atoms with Crippen molar-refractivity contribution in [3.05, 3.63) is 0 Å². The molecule has 0 bridgehead atoms. The molecule has 0 aromatic heterocycles. The molecular weight excluding hydrogens is 216 g/mol. The number of carbonyl (C=O) groups is 1. The number of carbonyl (C=O) groups excluding carboxylic acids is 1. The number of nitrogens with one attached hydrogen (secondary N) is 1. The molecule has 2 aliphatic heterocycles. The smallest absolute Gasteiger partial charge is 0.237 e. The summed E-state index contributed by atoms with van der Waals surface area (Å²) in [6.07, 6.45) is 1.10. The Kier molecular flexibility index (Phi) is 2.72. The van der Waals surface area contributed by atoms with E-state index < -0.39 is 9.84 Å². The first-order valence-electron chi connectivity index (χ1n) is 5.12. The zero-order valence-electron chi connectivity index (χ0n) is 8.77. The Labute approximate surface area is 89.7 Å². The number of hydrogen-bond donors (Lipinski definition) is 1. The molecule has 15 heavy (non-hydrogen) atoms. The molecule has 0 saturated carbocycles. The molecule has 2 rings (SSSR count). The Morgan fingerprint density at radius 1 is 1.33 bits per heavy atom. The molecule has 0 aliphatic carbocycles. The van der Waals surface area contributed by atoms with Crippen molar-refractivity contribution in [3.63, 3.8) is 0 Å². The molecule has 2 aliphatic rings. The summed E-state index contributed by atoms with van der Waals surface area (Å²) in [7, 11) is -3.19. The van der Waals surface area contributed by atoms with E-state index >= 15 is 0 Å². The molecule has 6 heteroatoms. The Hall–Kier alpha value is -0.620. The summed E-state index contributed by atoms with van der Waals surface area (Å²) in [4.78, 5) is 13.3. The van der Waals surface area contributed by atoms with Crippen LogP contribution in [0.1, 0.15) is 0 Å². The van der Waals surface area contributed by atoms with Gasteiger partial charge in [0.15, 0.2) is 9.84 Å². The highest BCUT2D eigenvalue weighted by Crippen LogP contribution is 2.26. The third-order valence-corrected chi connectivity index (χ3v) is 3.90. The fraction of sp³-hybridized carbons (Fsp3) is 0.889. The molecule has 86 valence electrons. The molecule has 2 fully saturated rings. The van der Waals surface area contributed by atoms with Crippen LogP contribution in [0, 0.1) is 11.8 Å². The predicted octanol–water partition coefficient (Wildman–Crippen LogP) is -1.29. The van der Waals surface area contributed by atoms with Crippen molar-refractivity contribution < 1.29 is 13.2 Å². The molecule has 2 atom stereocenters. The van der Waals surface area contributed by atoms with Crippen LogP contribution >= 0.6 is 0 Å². The number of amides is 1. The van der Waals surface area contributed by atoms with Crippen LogP contribution in [-0.4, -0.2) is 57.4 Å². The predicted molar refractivity (Wildman–Crippen MR) is 56.1 cm³/mol. The topological polar surface area (TPSA) is 66.5 Å². The first kappa shape index (κ1) is 10.9. The quantitative estimate of drug-likeness (QED) is 0.643. The highest BCUT2D eigenvalue weighted by molar-refractivity contribution is 7.91. The van der Waals surface area contributed by atoms with Gasteiger partial charge in [-0.15, -0.1) is 0 Å². The highest BCUT2D eigenvalue weighted by atomic mass is 32.2. The SMILES string of the molecule is CS(=O)(=O)CC(=O)N1CC2CNCC2C1. The van der Waals surface area contributed by atoms with Gasteiger partial charge in [0.1, 0.15) is 5.75 Å². The van der Waals surface area contributed by atoms with Crippen molar-refractivity contribution >= 4 is 15.7 Å². The van der Waals surface area contributed by atoms with Crippen LogP contribution in [0.3, 0.4) is 0 Å². The number of fused-ring (bicyclic) bond motifs is 1. The van der Waals surface area contributed by atoms with Crippen LogP contribution in [0.5, 0.6) is 0 Å². The lowest BCUT2D eigenvalue weighted by molar-refractivity contribution is -0.127. The summed E-state index contributed by atoms with van der Waals surface area (Å²) < 4.78 is 22.0. The van der Waals surface area contributed by atoms with Gasteiger partial charge in [0.05, 0.1) is 0 Å². The molecule has 2 heterocycles. The molecule has 0 spiro atoms. The first-order valence-corrected chi connectivity index (χ1v) is 7.18. The van der Waals surface area contributed by atoms with E-state index in [0.29, 0.717) is 24.9 Å². The van der Waals surface area contributed by atoms with Gasteiger partial charge in [0.25, 0.3) is 0 Å². The van der Waals surface area contributed by atoms with Gasteiger partial charge in [0, 0.05) is 32.4 Å². The van der Waals surface area contributed by atoms with E-state index in [2.05, 4.69) is 5.32 Å². The van der Waals surface area contributed by atoms with Gasteiger partial charge >= 0.3 is 0 Å². The largest absolute Gasteiger partial charge is 0.341 e. The summed E-state index contributed by atoms with van der Waals surface area (Å²) in [6, 6.07) is 0. The molecule has 0 aromatic carbocycles. The lowest BCUT2D eigenvalue weighted by atomic mass is 10.0. The normalized spacial score (nSPS) is 30.6.